The third-order valence-electron chi connectivity index (χ3n) is 5.40. The Hall–Kier alpha value is -0.490. The maximum atomic E-state index is 12.9. The average molecular weight is 369 g/mol. The van der Waals surface area contributed by atoms with Gasteiger partial charge in [-0.05, 0) is 50.2 Å². The Morgan fingerprint density at radius 1 is 1.43 bits per heavy atom. The summed E-state index contributed by atoms with van der Waals surface area (Å²) in [7, 11) is 0. The smallest absolute Gasteiger partial charge is 0.252 e. The molecule has 4 aliphatic rings. The Kier molecular flexibility index (Phi) is 4.25. The van der Waals surface area contributed by atoms with E-state index in [1.54, 1.807) is 11.3 Å². The van der Waals surface area contributed by atoms with Crippen LogP contribution < -0.4 is 5.32 Å². The van der Waals surface area contributed by atoms with Crippen LogP contribution in [0.25, 0.3) is 4.91 Å². The van der Waals surface area contributed by atoms with Gasteiger partial charge in [-0.25, -0.2) is 0 Å². The van der Waals surface area contributed by atoms with Crippen LogP contribution in [0.1, 0.15) is 31.1 Å². The van der Waals surface area contributed by atoms with E-state index < -0.39 is 4.21 Å². The normalized spacial score (nSPS) is 39.3. The number of fused-ring (bicyclic) bond motifs is 3. The first kappa shape index (κ1) is 16.0. The van der Waals surface area contributed by atoms with Gasteiger partial charge in [0.1, 0.15) is 0 Å². The molecule has 3 saturated heterocycles. The molecular formula is C17H21ClN2OS2. The SMILES string of the molecule is C[C@H]1[C@H](NC(=O)C2(Cl)CC=C(c3cccs3)S2)C2CCN1CC2. The zero-order valence-corrected chi connectivity index (χ0v) is 15.5. The van der Waals surface area contributed by atoms with E-state index in [-0.39, 0.29) is 11.9 Å². The van der Waals surface area contributed by atoms with E-state index >= 15 is 0 Å². The van der Waals surface area contributed by atoms with Gasteiger partial charge in [-0.1, -0.05) is 35.5 Å². The minimum Gasteiger partial charge on any atom is -0.349 e. The molecular weight excluding hydrogens is 348 g/mol. The highest BCUT2D eigenvalue weighted by molar-refractivity contribution is 8.11. The lowest BCUT2D eigenvalue weighted by Crippen LogP contribution is -2.63. The highest BCUT2D eigenvalue weighted by Crippen LogP contribution is 2.50. The molecule has 1 amide bonds. The fourth-order valence-corrected chi connectivity index (χ4v) is 6.31. The zero-order valence-electron chi connectivity index (χ0n) is 13.1. The fourth-order valence-electron chi connectivity index (χ4n) is 3.99. The molecule has 5 rings (SSSR count). The first-order chi connectivity index (χ1) is 11.1. The Labute approximate surface area is 150 Å². The summed E-state index contributed by atoms with van der Waals surface area (Å²) in [5.41, 5.74) is 0. The molecule has 0 radical (unpaired) electrons. The summed E-state index contributed by atoms with van der Waals surface area (Å²) < 4.78 is -0.884. The maximum Gasteiger partial charge on any atom is 0.252 e. The quantitative estimate of drug-likeness (QED) is 0.824. The molecule has 5 heterocycles. The van der Waals surface area contributed by atoms with Crippen molar-refractivity contribution in [1.29, 1.82) is 0 Å². The lowest BCUT2D eigenvalue weighted by Gasteiger charge is -2.50. The Morgan fingerprint density at radius 2 is 2.22 bits per heavy atom. The molecule has 0 aliphatic carbocycles. The second kappa shape index (κ2) is 6.10. The summed E-state index contributed by atoms with van der Waals surface area (Å²) in [6.07, 6.45) is 5.07. The lowest BCUT2D eigenvalue weighted by atomic mass is 9.79. The highest BCUT2D eigenvalue weighted by atomic mass is 35.5. The van der Waals surface area contributed by atoms with Gasteiger partial charge in [0.05, 0.1) is 0 Å². The highest BCUT2D eigenvalue weighted by Gasteiger charge is 2.46. The summed E-state index contributed by atoms with van der Waals surface area (Å²) in [4.78, 5) is 17.7. The van der Waals surface area contributed by atoms with E-state index in [0.717, 1.165) is 4.91 Å². The van der Waals surface area contributed by atoms with Crippen LogP contribution in [0.4, 0.5) is 0 Å². The van der Waals surface area contributed by atoms with Crippen LogP contribution in [0.2, 0.25) is 0 Å². The fraction of sp³-hybridized carbons (Fsp3) is 0.588. The third kappa shape index (κ3) is 2.86. The van der Waals surface area contributed by atoms with E-state index in [4.69, 9.17) is 11.6 Å². The molecule has 3 fully saturated rings. The van der Waals surface area contributed by atoms with Crippen LogP contribution in [0.3, 0.4) is 0 Å². The molecule has 0 saturated carbocycles. The number of piperidine rings is 3. The topological polar surface area (TPSA) is 32.3 Å². The van der Waals surface area contributed by atoms with Crippen LogP contribution in [0.15, 0.2) is 23.6 Å². The number of carbonyl (C=O) groups excluding carboxylic acids is 1. The molecule has 3 nitrogen and oxygen atoms in total. The summed E-state index contributed by atoms with van der Waals surface area (Å²) in [5.74, 6) is 0.591. The number of thioether (sulfide) groups is 1. The van der Waals surface area contributed by atoms with E-state index in [2.05, 4.69) is 34.7 Å². The number of halogens is 1. The molecule has 4 aliphatic heterocycles. The molecule has 3 atom stereocenters. The number of thiophene rings is 1. The number of carbonyl (C=O) groups is 1. The molecule has 1 aromatic heterocycles. The van der Waals surface area contributed by atoms with Gasteiger partial charge in [0.25, 0.3) is 5.91 Å². The second-order valence-corrected chi connectivity index (χ2v) is 9.85. The molecule has 124 valence electrons. The molecule has 23 heavy (non-hydrogen) atoms. The zero-order chi connectivity index (χ0) is 16.0. The van der Waals surface area contributed by atoms with Crippen LogP contribution in [-0.2, 0) is 4.79 Å². The summed E-state index contributed by atoms with van der Waals surface area (Å²) in [6, 6.07) is 4.78. The van der Waals surface area contributed by atoms with Crippen LogP contribution in [0, 0.1) is 5.92 Å². The van der Waals surface area contributed by atoms with Gasteiger partial charge in [-0.3, -0.25) is 9.69 Å². The molecule has 0 aromatic carbocycles. The summed E-state index contributed by atoms with van der Waals surface area (Å²) >= 11 is 9.88. The van der Waals surface area contributed by atoms with Crippen molar-refractivity contribution in [2.75, 3.05) is 13.1 Å². The number of amides is 1. The molecule has 0 spiro atoms. The lowest BCUT2D eigenvalue weighted by molar-refractivity contribution is -0.124. The molecule has 1 N–H and O–H groups in total. The van der Waals surface area contributed by atoms with E-state index in [1.165, 1.54) is 42.6 Å². The first-order valence-corrected chi connectivity index (χ1v) is 10.3. The Morgan fingerprint density at radius 3 is 2.87 bits per heavy atom. The monoisotopic (exact) mass is 368 g/mol. The predicted octanol–water partition coefficient (Wildman–Crippen LogP) is 3.76. The number of rotatable bonds is 3. The number of allylic oxidation sites excluding steroid dienone is 1. The van der Waals surface area contributed by atoms with E-state index in [1.807, 2.05) is 6.07 Å². The number of nitrogens with zero attached hydrogens (tertiary/aromatic N) is 1. The van der Waals surface area contributed by atoms with Gasteiger partial charge in [0.2, 0.25) is 0 Å². The minimum atomic E-state index is -0.884. The molecule has 1 aromatic rings. The van der Waals surface area contributed by atoms with Gasteiger partial charge < -0.3 is 5.32 Å². The van der Waals surface area contributed by atoms with Crippen molar-refractivity contribution in [2.45, 2.75) is 42.5 Å². The van der Waals surface area contributed by atoms with Crippen molar-refractivity contribution < 1.29 is 4.79 Å². The first-order valence-electron chi connectivity index (χ1n) is 8.24. The molecule has 1 unspecified atom stereocenters. The number of hydrogen-bond acceptors (Lipinski definition) is 4. The number of nitrogens with one attached hydrogen (secondary N) is 1. The maximum absolute atomic E-state index is 12.9. The van der Waals surface area contributed by atoms with Crippen LogP contribution in [0.5, 0.6) is 0 Å². The Balaban J connectivity index is 1.44. The number of hydrogen-bond donors (Lipinski definition) is 1. The molecule has 2 bridgehead atoms. The van der Waals surface area contributed by atoms with Gasteiger partial charge in [-0.2, -0.15) is 0 Å². The average Bonchev–Trinajstić information content (AvgIpc) is 3.21. The largest absolute Gasteiger partial charge is 0.349 e. The van der Waals surface area contributed by atoms with Gasteiger partial charge >= 0.3 is 0 Å². The summed E-state index contributed by atoms with van der Waals surface area (Å²) in [6.45, 7) is 4.57. The van der Waals surface area contributed by atoms with E-state index in [9.17, 15) is 4.79 Å². The standard InChI is InChI=1S/C17H21ClN2OS2/c1-11-15(12-5-8-20(11)9-6-12)19-16(21)17(18)7-4-14(23-17)13-3-2-10-22-13/h2-4,10-12,15H,5-9H2,1H3,(H,19,21)/t11-,15-,17?/m0/s1. The van der Waals surface area contributed by atoms with Gasteiger partial charge in [0, 0.05) is 28.3 Å². The van der Waals surface area contributed by atoms with Crippen molar-refractivity contribution in [3.05, 3.63) is 28.5 Å². The van der Waals surface area contributed by atoms with Gasteiger partial charge in [0.15, 0.2) is 4.21 Å². The summed E-state index contributed by atoms with van der Waals surface area (Å²) in [5, 5.41) is 5.34. The van der Waals surface area contributed by atoms with Gasteiger partial charge in [-0.15, -0.1) is 11.3 Å². The minimum absolute atomic E-state index is 0.0161. The van der Waals surface area contributed by atoms with Crippen molar-refractivity contribution in [3.63, 3.8) is 0 Å². The third-order valence-corrected chi connectivity index (χ3v) is 8.27. The van der Waals surface area contributed by atoms with Crippen LogP contribution in [-0.4, -0.2) is 40.2 Å². The Bertz CT molecular complexity index is 623. The van der Waals surface area contributed by atoms with Crippen LogP contribution >= 0.6 is 34.7 Å². The second-order valence-electron chi connectivity index (χ2n) is 6.69. The predicted molar refractivity (Wildman–Crippen MR) is 98.8 cm³/mol. The van der Waals surface area contributed by atoms with Crippen molar-refractivity contribution >= 4 is 45.5 Å². The number of alkyl halides is 1. The van der Waals surface area contributed by atoms with E-state index in [0.29, 0.717) is 18.4 Å². The van der Waals surface area contributed by atoms with Crippen molar-refractivity contribution in [3.8, 4) is 0 Å². The van der Waals surface area contributed by atoms with Crippen molar-refractivity contribution in [1.82, 2.24) is 10.2 Å². The van der Waals surface area contributed by atoms with Crippen molar-refractivity contribution in [2.24, 2.45) is 5.92 Å². The molecule has 6 heteroatoms.